The maximum absolute atomic E-state index is 12.9. The van der Waals surface area contributed by atoms with Crippen molar-refractivity contribution in [2.75, 3.05) is 0 Å². The summed E-state index contributed by atoms with van der Waals surface area (Å²) >= 11 is 0. The van der Waals surface area contributed by atoms with Gasteiger partial charge in [0, 0.05) is 18.4 Å². The molecule has 0 saturated carbocycles. The number of carboxylic acid groups (broad SMARTS) is 1. The topological polar surface area (TPSA) is 105 Å². The minimum absolute atomic E-state index is 0.159. The van der Waals surface area contributed by atoms with Crippen molar-refractivity contribution in [3.8, 4) is 11.4 Å². The predicted molar refractivity (Wildman–Crippen MR) is 77.9 cm³/mol. The van der Waals surface area contributed by atoms with E-state index in [1.54, 1.807) is 12.1 Å². The number of aliphatic carboxylic acids is 1. The molecule has 23 heavy (non-hydrogen) atoms. The zero-order valence-electron chi connectivity index (χ0n) is 12.5. The summed E-state index contributed by atoms with van der Waals surface area (Å²) in [5.74, 6) is -1.07. The molecule has 2 rings (SSSR count). The summed E-state index contributed by atoms with van der Waals surface area (Å²) in [5.41, 5.74) is 0.634. The molecule has 1 atom stereocenters. The molecule has 0 aliphatic heterocycles. The summed E-state index contributed by atoms with van der Waals surface area (Å²) in [5, 5.41) is 14.9. The van der Waals surface area contributed by atoms with Crippen molar-refractivity contribution >= 4 is 11.9 Å². The van der Waals surface area contributed by atoms with Crippen LogP contribution in [0.1, 0.15) is 25.7 Å². The van der Waals surface area contributed by atoms with Gasteiger partial charge in [-0.05, 0) is 37.6 Å². The van der Waals surface area contributed by atoms with Crippen molar-refractivity contribution in [1.29, 1.82) is 0 Å². The van der Waals surface area contributed by atoms with Crippen molar-refractivity contribution < 1.29 is 23.6 Å². The van der Waals surface area contributed by atoms with Crippen molar-refractivity contribution in [2.24, 2.45) is 0 Å². The lowest BCUT2D eigenvalue weighted by Crippen LogP contribution is -2.38. The fraction of sp³-hybridized carbons (Fsp3) is 0.333. The Bertz CT molecular complexity index is 684. The smallest absolute Gasteiger partial charge is 0.325 e. The van der Waals surface area contributed by atoms with Crippen LogP contribution in [-0.4, -0.2) is 33.2 Å². The molecule has 1 aromatic heterocycles. The third-order valence-corrected chi connectivity index (χ3v) is 3.11. The molecule has 0 unspecified atom stereocenters. The quantitative estimate of drug-likeness (QED) is 0.805. The van der Waals surface area contributed by atoms with Crippen LogP contribution in [-0.2, 0) is 16.0 Å². The van der Waals surface area contributed by atoms with E-state index in [9.17, 15) is 14.0 Å². The molecule has 0 saturated heterocycles. The first-order chi connectivity index (χ1) is 11.0. The van der Waals surface area contributed by atoms with Crippen molar-refractivity contribution in [3.63, 3.8) is 0 Å². The molecular formula is C15H16FN3O4. The van der Waals surface area contributed by atoms with Crippen LogP contribution < -0.4 is 5.32 Å². The lowest BCUT2D eigenvalue weighted by molar-refractivity contribution is -0.141. The van der Waals surface area contributed by atoms with Crippen LogP contribution >= 0.6 is 0 Å². The Morgan fingerprint density at radius 1 is 1.35 bits per heavy atom. The number of aromatic nitrogens is 2. The number of hydrogen-bond donors (Lipinski definition) is 2. The van der Waals surface area contributed by atoms with E-state index in [2.05, 4.69) is 15.5 Å². The highest BCUT2D eigenvalue weighted by atomic mass is 19.1. The van der Waals surface area contributed by atoms with Gasteiger partial charge in [0.05, 0.1) is 0 Å². The first kappa shape index (κ1) is 16.6. The number of halogens is 1. The Balaban J connectivity index is 1.82. The second-order valence-corrected chi connectivity index (χ2v) is 5.00. The fourth-order valence-corrected chi connectivity index (χ4v) is 1.85. The van der Waals surface area contributed by atoms with Gasteiger partial charge in [0.1, 0.15) is 11.9 Å². The van der Waals surface area contributed by atoms with Gasteiger partial charge in [0.25, 0.3) is 0 Å². The molecule has 0 aliphatic rings. The summed E-state index contributed by atoms with van der Waals surface area (Å²) in [4.78, 5) is 26.3. The summed E-state index contributed by atoms with van der Waals surface area (Å²) in [7, 11) is 0. The predicted octanol–water partition coefficient (Wildman–Crippen LogP) is 1.79. The number of carbonyl (C=O) groups is 2. The van der Waals surface area contributed by atoms with Crippen LogP contribution in [0.2, 0.25) is 0 Å². The fourth-order valence-electron chi connectivity index (χ4n) is 1.85. The Morgan fingerprint density at radius 3 is 2.70 bits per heavy atom. The molecule has 1 heterocycles. The van der Waals surface area contributed by atoms with Crippen LogP contribution in [0.4, 0.5) is 4.39 Å². The largest absolute Gasteiger partial charge is 0.480 e. The lowest BCUT2D eigenvalue weighted by Gasteiger charge is -2.08. The van der Waals surface area contributed by atoms with Gasteiger partial charge in [-0.2, -0.15) is 4.98 Å². The number of amides is 1. The molecule has 122 valence electrons. The van der Waals surface area contributed by atoms with E-state index in [1.165, 1.54) is 19.1 Å². The minimum Gasteiger partial charge on any atom is -0.480 e. The zero-order chi connectivity index (χ0) is 16.8. The average molecular weight is 321 g/mol. The molecule has 2 N–H and O–H groups in total. The van der Waals surface area contributed by atoms with Gasteiger partial charge in [0.15, 0.2) is 0 Å². The van der Waals surface area contributed by atoms with Gasteiger partial charge in [0.2, 0.25) is 17.6 Å². The monoisotopic (exact) mass is 321 g/mol. The Kier molecular flexibility index (Phi) is 5.40. The SMILES string of the molecule is C[C@@H](NC(=O)CCCc1nc(-c2ccc(F)cc2)no1)C(=O)O. The Labute approximate surface area is 131 Å². The normalized spacial score (nSPS) is 11.9. The number of nitrogens with one attached hydrogen (secondary N) is 1. The number of nitrogens with zero attached hydrogens (tertiary/aromatic N) is 2. The third-order valence-electron chi connectivity index (χ3n) is 3.11. The van der Waals surface area contributed by atoms with Crippen LogP contribution in [0.3, 0.4) is 0 Å². The molecule has 8 heteroatoms. The number of aryl methyl sites for hydroxylation is 1. The molecule has 0 aliphatic carbocycles. The molecule has 0 radical (unpaired) electrons. The molecule has 0 bridgehead atoms. The molecular weight excluding hydrogens is 305 g/mol. The first-order valence-electron chi connectivity index (χ1n) is 7.06. The van der Waals surface area contributed by atoms with Crippen LogP contribution in [0.25, 0.3) is 11.4 Å². The van der Waals surface area contributed by atoms with E-state index >= 15 is 0 Å². The Morgan fingerprint density at radius 2 is 2.04 bits per heavy atom. The van der Waals surface area contributed by atoms with E-state index in [0.717, 1.165) is 0 Å². The van der Waals surface area contributed by atoms with E-state index < -0.39 is 12.0 Å². The molecule has 1 amide bonds. The average Bonchev–Trinajstić information content (AvgIpc) is 2.96. The highest BCUT2D eigenvalue weighted by Crippen LogP contribution is 2.16. The van der Waals surface area contributed by atoms with Gasteiger partial charge >= 0.3 is 5.97 Å². The van der Waals surface area contributed by atoms with E-state index in [0.29, 0.717) is 30.1 Å². The first-order valence-corrected chi connectivity index (χ1v) is 7.06. The number of benzene rings is 1. The number of carbonyl (C=O) groups excluding carboxylic acids is 1. The van der Waals surface area contributed by atoms with Crippen molar-refractivity contribution in [2.45, 2.75) is 32.2 Å². The summed E-state index contributed by atoms with van der Waals surface area (Å²) in [6.45, 7) is 1.40. The second-order valence-electron chi connectivity index (χ2n) is 5.00. The van der Waals surface area contributed by atoms with E-state index in [-0.39, 0.29) is 18.1 Å². The highest BCUT2D eigenvalue weighted by Gasteiger charge is 2.14. The van der Waals surface area contributed by atoms with Gasteiger partial charge in [-0.15, -0.1) is 0 Å². The zero-order valence-corrected chi connectivity index (χ0v) is 12.5. The van der Waals surface area contributed by atoms with Gasteiger partial charge < -0.3 is 14.9 Å². The van der Waals surface area contributed by atoms with E-state index in [4.69, 9.17) is 9.63 Å². The highest BCUT2D eigenvalue weighted by molar-refractivity contribution is 5.83. The number of carboxylic acids is 1. The van der Waals surface area contributed by atoms with Crippen LogP contribution in [0.15, 0.2) is 28.8 Å². The number of rotatable bonds is 7. The van der Waals surface area contributed by atoms with Gasteiger partial charge in [-0.1, -0.05) is 5.16 Å². The maximum Gasteiger partial charge on any atom is 0.325 e. The van der Waals surface area contributed by atoms with Crippen molar-refractivity contribution in [3.05, 3.63) is 36.0 Å². The second kappa shape index (κ2) is 7.48. The summed E-state index contributed by atoms with van der Waals surface area (Å²) < 4.78 is 17.9. The van der Waals surface area contributed by atoms with E-state index in [1.807, 2.05) is 0 Å². The summed E-state index contributed by atoms with van der Waals surface area (Å²) in [6.07, 6.45) is 0.998. The molecule has 2 aromatic rings. The van der Waals surface area contributed by atoms with Gasteiger partial charge in [-0.25, -0.2) is 4.39 Å². The lowest BCUT2D eigenvalue weighted by atomic mass is 10.2. The number of hydrogen-bond acceptors (Lipinski definition) is 5. The minimum atomic E-state index is -1.08. The maximum atomic E-state index is 12.9. The van der Waals surface area contributed by atoms with Crippen LogP contribution in [0.5, 0.6) is 0 Å². The molecule has 0 spiro atoms. The van der Waals surface area contributed by atoms with Crippen LogP contribution in [0, 0.1) is 5.82 Å². The van der Waals surface area contributed by atoms with Crippen molar-refractivity contribution in [1.82, 2.24) is 15.5 Å². The molecule has 1 aromatic carbocycles. The Hall–Kier alpha value is -2.77. The standard InChI is InChI=1S/C15H16FN3O4/c1-9(15(21)22)17-12(20)3-2-4-13-18-14(19-23-13)10-5-7-11(16)8-6-10/h5-9H,2-4H2,1H3,(H,17,20)(H,21,22)/t9-/m1/s1. The third kappa shape index (κ3) is 4.87. The molecule has 7 nitrogen and oxygen atoms in total. The summed E-state index contributed by atoms with van der Waals surface area (Å²) in [6, 6.07) is 4.78. The van der Waals surface area contributed by atoms with Gasteiger partial charge in [-0.3, -0.25) is 9.59 Å². The molecule has 0 fully saturated rings.